The zero-order valence-electron chi connectivity index (χ0n) is 9.69. The molecular weight excluding hydrogens is 208 g/mol. The Kier molecular flexibility index (Phi) is 2.98. The molecule has 0 bridgehead atoms. The van der Waals surface area contributed by atoms with Crippen molar-refractivity contribution in [3.63, 3.8) is 0 Å². The zero-order valence-corrected chi connectivity index (χ0v) is 9.69. The molecule has 0 spiro atoms. The molecule has 1 saturated carbocycles. The van der Waals surface area contributed by atoms with Gasteiger partial charge in [0.1, 0.15) is 0 Å². The maximum absolute atomic E-state index is 13.8. The van der Waals surface area contributed by atoms with Crippen LogP contribution in [0.25, 0.3) is 0 Å². The molecule has 16 heavy (non-hydrogen) atoms. The molecule has 0 unspecified atom stereocenters. The summed E-state index contributed by atoms with van der Waals surface area (Å²) >= 11 is 0. The van der Waals surface area contributed by atoms with Crippen LogP contribution in [0, 0.1) is 13.8 Å². The fourth-order valence-electron chi connectivity index (χ4n) is 1.63. The van der Waals surface area contributed by atoms with E-state index in [4.69, 9.17) is 0 Å². The van der Waals surface area contributed by atoms with Gasteiger partial charge in [0.05, 0.1) is 6.54 Å². The molecule has 1 aromatic carbocycles. The molecule has 0 radical (unpaired) electrons. The average Bonchev–Trinajstić information content (AvgIpc) is 3.03. The fourth-order valence-corrected chi connectivity index (χ4v) is 1.63. The number of hydrogen-bond acceptors (Lipinski definition) is 1. The average molecular weight is 225 g/mol. The summed E-state index contributed by atoms with van der Waals surface area (Å²) in [5, 5.41) is 2.88. The van der Waals surface area contributed by atoms with Crippen LogP contribution in [0.4, 0.5) is 8.78 Å². The highest BCUT2D eigenvalue weighted by Crippen LogP contribution is 2.30. The molecule has 2 rings (SSSR count). The topological polar surface area (TPSA) is 12.0 Å². The third-order valence-electron chi connectivity index (χ3n) is 3.12. The highest BCUT2D eigenvalue weighted by Gasteiger charge is 2.34. The predicted octanol–water partition coefficient (Wildman–Crippen LogP) is 3.15. The minimum Gasteiger partial charge on any atom is -0.308 e. The summed E-state index contributed by atoms with van der Waals surface area (Å²) in [6.45, 7) is 3.54. The van der Waals surface area contributed by atoms with Gasteiger partial charge in [0.2, 0.25) is 0 Å². The molecule has 1 aliphatic rings. The quantitative estimate of drug-likeness (QED) is 0.830. The summed E-state index contributed by atoms with van der Waals surface area (Å²) in [5.41, 5.74) is 2.09. The van der Waals surface area contributed by atoms with Gasteiger partial charge in [0.25, 0.3) is 5.92 Å². The van der Waals surface area contributed by atoms with Gasteiger partial charge in [-0.05, 0) is 43.9 Å². The lowest BCUT2D eigenvalue weighted by atomic mass is 10.0. The smallest absolute Gasteiger partial charge is 0.285 e. The summed E-state index contributed by atoms with van der Waals surface area (Å²) in [5.74, 6) is -2.76. The van der Waals surface area contributed by atoms with Gasteiger partial charge in [-0.25, -0.2) is 0 Å². The Morgan fingerprint density at radius 3 is 2.50 bits per heavy atom. The van der Waals surface area contributed by atoms with Gasteiger partial charge in [0.15, 0.2) is 0 Å². The highest BCUT2D eigenvalue weighted by molar-refractivity contribution is 5.32. The Morgan fingerprint density at radius 1 is 1.25 bits per heavy atom. The lowest BCUT2D eigenvalue weighted by Crippen LogP contribution is -2.32. The van der Waals surface area contributed by atoms with Crippen molar-refractivity contribution in [3.8, 4) is 0 Å². The van der Waals surface area contributed by atoms with Crippen LogP contribution in [0.2, 0.25) is 0 Å². The van der Waals surface area contributed by atoms with E-state index in [0.29, 0.717) is 6.04 Å². The van der Waals surface area contributed by atoms with Crippen LogP contribution in [-0.2, 0) is 5.92 Å². The van der Waals surface area contributed by atoms with E-state index in [1.54, 1.807) is 12.1 Å². The fraction of sp³-hybridized carbons (Fsp3) is 0.538. The van der Waals surface area contributed by atoms with Gasteiger partial charge in [0, 0.05) is 11.6 Å². The zero-order chi connectivity index (χ0) is 11.8. The first-order chi connectivity index (χ1) is 7.49. The molecule has 1 N–H and O–H groups in total. The van der Waals surface area contributed by atoms with Crippen LogP contribution in [0.5, 0.6) is 0 Å². The summed E-state index contributed by atoms with van der Waals surface area (Å²) in [4.78, 5) is 0. The predicted molar refractivity (Wildman–Crippen MR) is 60.8 cm³/mol. The van der Waals surface area contributed by atoms with E-state index in [1.807, 2.05) is 13.8 Å². The first-order valence-corrected chi connectivity index (χ1v) is 5.68. The first-order valence-electron chi connectivity index (χ1n) is 5.68. The van der Waals surface area contributed by atoms with Crippen molar-refractivity contribution in [2.24, 2.45) is 0 Å². The van der Waals surface area contributed by atoms with Gasteiger partial charge in [-0.3, -0.25) is 0 Å². The number of halogens is 2. The van der Waals surface area contributed by atoms with E-state index in [1.165, 1.54) is 6.07 Å². The molecule has 1 fully saturated rings. The highest BCUT2D eigenvalue weighted by atomic mass is 19.3. The minimum atomic E-state index is -2.76. The second kappa shape index (κ2) is 4.13. The number of nitrogens with one attached hydrogen (secondary N) is 1. The number of benzene rings is 1. The summed E-state index contributed by atoms with van der Waals surface area (Å²) in [6.07, 6.45) is 2.06. The van der Waals surface area contributed by atoms with Gasteiger partial charge in [-0.2, -0.15) is 8.78 Å². The molecule has 1 nitrogen and oxygen atoms in total. The third kappa shape index (κ3) is 2.59. The third-order valence-corrected chi connectivity index (χ3v) is 3.12. The Balaban J connectivity index is 2.09. The van der Waals surface area contributed by atoms with Crippen molar-refractivity contribution in [2.75, 3.05) is 6.54 Å². The van der Waals surface area contributed by atoms with Crippen LogP contribution in [0.3, 0.4) is 0 Å². The Hall–Kier alpha value is -0.960. The molecule has 88 valence electrons. The molecule has 0 aliphatic heterocycles. The number of rotatable bonds is 4. The summed E-state index contributed by atoms with van der Waals surface area (Å²) < 4.78 is 27.6. The second-order valence-corrected chi connectivity index (χ2v) is 4.66. The van der Waals surface area contributed by atoms with Gasteiger partial charge < -0.3 is 5.32 Å². The van der Waals surface area contributed by atoms with Crippen molar-refractivity contribution in [2.45, 2.75) is 38.7 Å². The van der Waals surface area contributed by atoms with Gasteiger partial charge in [-0.15, -0.1) is 0 Å². The maximum atomic E-state index is 13.8. The first kappa shape index (κ1) is 11.5. The standard InChI is InChI=1S/C13H17F2N/c1-9-3-4-11(7-10(9)2)13(14,15)8-16-12-5-6-12/h3-4,7,12,16H,5-6,8H2,1-2H3. The molecule has 1 aromatic rings. The van der Waals surface area contributed by atoms with Crippen LogP contribution in [0.1, 0.15) is 29.5 Å². The minimum absolute atomic E-state index is 0.115. The molecule has 0 atom stereocenters. The lowest BCUT2D eigenvalue weighted by molar-refractivity contribution is -0.00355. The molecule has 1 aliphatic carbocycles. The number of alkyl halides is 2. The van der Waals surface area contributed by atoms with Crippen LogP contribution < -0.4 is 5.32 Å². The number of hydrogen-bond donors (Lipinski definition) is 1. The van der Waals surface area contributed by atoms with Crippen LogP contribution >= 0.6 is 0 Å². The molecule has 0 aromatic heterocycles. The van der Waals surface area contributed by atoms with Crippen molar-refractivity contribution < 1.29 is 8.78 Å². The second-order valence-electron chi connectivity index (χ2n) is 4.66. The molecule has 0 amide bonds. The largest absolute Gasteiger partial charge is 0.308 e. The van der Waals surface area contributed by atoms with Gasteiger partial charge >= 0.3 is 0 Å². The van der Waals surface area contributed by atoms with E-state index in [9.17, 15) is 8.78 Å². The van der Waals surface area contributed by atoms with Crippen molar-refractivity contribution in [1.29, 1.82) is 0 Å². The lowest BCUT2D eigenvalue weighted by Gasteiger charge is -2.18. The Bertz CT molecular complexity index is 384. The summed E-state index contributed by atoms with van der Waals surface area (Å²) in [7, 11) is 0. The Labute approximate surface area is 94.9 Å². The molecular formula is C13H17F2N. The van der Waals surface area contributed by atoms with Crippen molar-refractivity contribution in [3.05, 3.63) is 34.9 Å². The molecule has 0 saturated heterocycles. The Morgan fingerprint density at radius 2 is 1.94 bits per heavy atom. The van der Waals surface area contributed by atoms with E-state index in [2.05, 4.69) is 5.32 Å². The number of aryl methyl sites for hydroxylation is 2. The van der Waals surface area contributed by atoms with E-state index < -0.39 is 5.92 Å². The monoisotopic (exact) mass is 225 g/mol. The van der Waals surface area contributed by atoms with Crippen molar-refractivity contribution >= 4 is 0 Å². The molecule has 3 heteroatoms. The van der Waals surface area contributed by atoms with E-state index >= 15 is 0 Å². The van der Waals surface area contributed by atoms with Crippen LogP contribution in [-0.4, -0.2) is 12.6 Å². The maximum Gasteiger partial charge on any atom is 0.285 e. The van der Waals surface area contributed by atoms with Gasteiger partial charge in [-0.1, -0.05) is 12.1 Å². The molecule has 0 heterocycles. The van der Waals surface area contributed by atoms with Crippen molar-refractivity contribution in [1.82, 2.24) is 5.32 Å². The summed E-state index contributed by atoms with van der Waals surface area (Å²) in [6, 6.07) is 5.19. The normalized spacial score (nSPS) is 16.5. The SMILES string of the molecule is Cc1ccc(C(F)(F)CNC2CC2)cc1C. The van der Waals surface area contributed by atoms with Crippen LogP contribution in [0.15, 0.2) is 18.2 Å². The van der Waals surface area contributed by atoms with E-state index in [0.717, 1.165) is 24.0 Å². The van der Waals surface area contributed by atoms with E-state index in [-0.39, 0.29) is 12.1 Å².